The van der Waals surface area contributed by atoms with Crippen LogP contribution in [0.3, 0.4) is 0 Å². The topological polar surface area (TPSA) is 55.2 Å². The van der Waals surface area contributed by atoms with Crippen LogP contribution in [0.1, 0.15) is 53.6 Å². The Morgan fingerprint density at radius 3 is 2.58 bits per heavy atom. The van der Waals surface area contributed by atoms with E-state index in [1.807, 2.05) is 39.0 Å². The average molecular weight is 327 g/mol. The molecule has 128 valence electrons. The summed E-state index contributed by atoms with van der Waals surface area (Å²) >= 11 is 0. The Kier molecular flexibility index (Phi) is 5.54. The van der Waals surface area contributed by atoms with Crippen LogP contribution in [0.2, 0.25) is 0 Å². The van der Waals surface area contributed by atoms with E-state index >= 15 is 0 Å². The maximum Gasteiger partial charge on any atom is 0.263 e. The maximum atomic E-state index is 12.9. The van der Waals surface area contributed by atoms with E-state index in [0.29, 0.717) is 0 Å². The lowest BCUT2D eigenvalue weighted by Gasteiger charge is -2.27. The highest BCUT2D eigenvalue weighted by Gasteiger charge is 2.25. The zero-order valence-corrected chi connectivity index (χ0v) is 15.0. The molecule has 5 nitrogen and oxygen atoms in total. The van der Waals surface area contributed by atoms with Crippen molar-refractivity contribution < 1.29 is 4.79 Å². The number of amides is 1. The molecule has 0 aromatic carbocycles. The van der Waals surface area contributed by atoms with Crippen molar-refractivity contribution in [2.24, 2.45) is 7.05 Å². The Balaban J connectivity index is 2.43. The van der Waals surface area contributed by atoms with Crippen molar-refractivity contribution in [3.05, 3.63) is 63.3 Å². The molecule has 24 heavy (non-hydrogen) atoms. The highest BCUT2D eigenvalue weighted by Crippen LogP contribution is 2.22. The molecule has 5 heteroatoms. The summed E-state index contributed by atoms with van der Waals surface area (Å²) in [6.07, 6.45) is 3.20. The summed E-state index contributed by atoms with van der Waals surface area (Å²) in [6, 6.07) is 7.21. The summed E-state index contributed by atoms with van der Waals surface area (Å²) in [5.74, 6) is -0.265. The van der Waals surface area contributed by atoms with Crippen LogP contribution in [0.5, 0.6) is 0 Å². The first kappa shape index (κ1) is 17.9. The summed E-state index contributed by atoms with van der Waals surface area (Å²) in [6.45, 7) is 5.95. The van der Waals surface area contributed by atoms with Gasteiger partial charge in [-0.05, 0) is 43.5 Å². The van der Waals surface area contributed by atoms with Crippen LogP contribution in [-0.2, 0) is 13.5 Å². The molecule has 1 amide bonds. The quantitative estimate of drug-likeness (QED) is 0.848. The summed E-state index contributed by atoms with van der Waals surface area (Å²) in [5.41, 5.74) is 2.71. The smallest absolute Gasteiger partial charge is 0.263 e. The van der Waals surface area contributed by atoms with Crippen molar-refractivity contribution in [3.63, 3.8) is 0 Å². The standard InChI is InChI=1S/C19H25N3O2/c1-6-16-13(3)12-14(18(23)21(16)4)19(24)22(5)17(7-2)15-10-8-9-11-20-15/h8-12,17H,6-7H2,1-5H3. The molecule has 0 N–H and O–H groups in total. The summed E-state index contributed by atoms with van der Waals surface area (Å²) in [7, 11) is 3.45. The number of hydrogen-bond donors (Lipinski definition) is 0. The van der Waals surface area contributed by atoms with Gasteiger partial charge in [0.15, 0.2) is 0 Å². The van der Waals surface area contributed by atoms with E-state index in [1.165, 1.54) is 0 Å². The van der Waals surface area contributed by atoms with Gasteiger partial charge in [-0.2, -0.15) is 0 Å². The van der Waals surface area contributed by atoms with E-state index in [1.54, 1.807) is 35.8 Å². The number of carbonyl (C=O) groups excluding carboxylic acids is 1. The van der Waals surface area contributed by atoms with E-state index in [2.05, 4.69) is 4.98 Å². The second kappa shape index (κ2) is 7.43. The molecule has 2 aromatic rings. The van der Waals surface area contributed by atoms with Gasteiger partial charge in [0.2, 0.25) is 0 Å². The fourth-order valence-electron chi connectivity index (χ4n) is 3.18. The Morgan fingerprint density at radius 2 is 2.04 bits per heavy atom. The van der Waals surface area contributed by atoms with Gasteiger partial charge in [-0.1, -0.05) is 19.9 Å². The van der Waals surface area contributed by atoms with Crippen molar-refractivity contribution in [1.82, 2.24) is 14.5 Å². The van der Waals surface area contributed by atoms with Crippen LogP contribution in [-0.4, -0.2) is 27.4 Å². The molecule has 1 atom stereocenters. The van der Waals surface area contributed by atoms with E-state index in [4.69, 9.17) is 0 Å². The second-order valence-corrected chi connectivity index (χ2v) is 6.00. The maximum absolute atomic E-state index is 12.9. The molecule has 0 aliphatic rings. The minimum Gasteiger partial charge on any atom is -0.333 e. The fourth-order valence-corrected chi connectivity index (χ4v) is 3.18. The normalized spacial score (nSPS) is 12.0. The first-order chi connectivity index (χ1) is 11.4. The third kappa shape index (κ3) is 3.25. The molecule has 0 saturated heterocycles. The lowest BCUT2D eigenvalue weighted by molar-refractivity contribution is 0.0720. The SMILES string of the molecule is CCc1c(C)cc(C(=O)N(C)C(CC)c2ccccn2)c(=O)n1C. The Bertz CT molecular complexity index is 781. The lowest BCUT2D eigenvalue weighted by atomic mass is 10.1. The number of pyridine rings is 2. The van der Waals surface area contributed by atoms with Gasteiger partial charge in [0.25, 0.3) is 11.5 Å². The van der Waals surface area contributed by atoms with Gasteiger partial charge in [0.05, 0.1) is 11.7 Å². The summed E-state index contributed by atoms with van der Waals surface area (Å²) < 4.78 is 1.58. The molecule has 1 unspecified atom stereocenters. The molecular weight excluding hydrogens is 302 g/mol. The molecule has 0 aliphatic carbocycles. The number of carbonyl (C=O) groups is 1. The zero-order chi connectivity index (χ0) is 17.9. The van der Waals surface area contributed by atoms with Gasteiger partial charge >= 0.3 is 0 Å². The van der Waals surface area contributed by atoms with Gasteiger partial charge in [-0.15, -0.1) is 0 Å². The summed E-state index contributed by atoms with van der Waals surface area (Å²) in [5, 5.41) is 0. The monoisotopic (exact) mass is 327 g/mol. The predicted octanol–water partition coefficient (Wildman–Crippen LogP) is 2.87. The van der Waals surface area contributed by atoms with Crippen LogP contribution < -0.4 is 5.56 Å². The van der Waals surface area contributed by atoms with Gasteiger partial charge < -0.3 is 9.47 Å². The highest BCUT2D eigenvalue weighted by atomic mass is 16.2. The Morgan fingerprint density at radius 1 is 1.33 bits per heavy atom. The van der Waals surface area contributed by atoms with Gasteiger partial charge in [0.1, 0.15) is 5.56 Å². The minimum absolute atomic E-state index is 0.158. The molecule has 0 bridgehead atoms. The molecule has 0 fully saturated rings. The minimum atomic E-state index is -0.265. The third-order valence-electron chi connectivity index (χ3n) is 4.52. The molecule has 0 spiro atoms. The van der Waals surface area contributed by atoms with E-state index in [-0.39, 0.29) is 23.1 Å². The van der Waals surface area contributed by atoms with E-state index in [9.17, 15) is 9.59 Å². The summed E-state index contributed by atoms with van der Waals surface area (Å²) in [4.78, 5) is 31.5. The van der Waals surface area contributed by atoms with Crippen molar-refractivity contribution in [1.29, 1.82) is 0 Å². The molecular formula is C19H25N3O2. The van der Waals surface area contributed by atoms with Gasteiger partial charge in [-0.25, -0.2) is 0 Å². The first-order valence-electron chi connectivity index (χ1n) is 8.29. The van der Waals surface area contributed by atoms with E-state index < -0.39 is 0 Å². The molecule has 2 aromatic heterocycles. The number of rotatable bonds is 5. The molecule has 2 rings (SSSR count). The van der Waals surface area contributed by atoms with E-state index in [0.717, 1.165) is 29.8 Å². The lowest BCUT2D eigenvalue weighted by Crippen LogP contribution is -2.37. The number of nitrogens with zero attached hydrogens (tertiary/aromatic N) is 3. The van der Waals surface area contributed by atoms with Crippen LogP contribution in [0.4, 0.5) is 0 Å². The number of hydrogen-bond acceptors (Lipinski definition) is 3. The van der Waals surface area contributed by atoms with Crippen molar-refractivity contribution >= 4 is 5.91 Å². The first-order valence-corrected chi connectivity index (χ1v) is 8.29. The van der Waals surface area contributed by atoms with Crippen LogP contribution in [0, 0.1) is 6.92 Å². The third-order valence-corrected chi connectivity index (χ3v) is 4.52. The number of aryl methyl sites for hydroxylation is 1. The molecule has 2 heterocycles. The van der Waals surface area contributed by atoms with Crippen LogP contribution >= 0.6 is 0 Å². The number of aromatic nitrogens is 2. The van der Waals surface area contributed by atoms with Crippen LogP contribution in [0.15, 0.2) is 35.3 Å². The second-order valence-electron chi connectivity index (χ2n) is 6.00. The van der Waals surface area contributed by atoms with Gasteiger partial charge in [-0.3, -0.25) is 14.6 Å². The Hall–Kier alpha value is -2.43. The highest BCUT2D eigenvalue weighted by molar-refractivity contribution is 5.94. The zero-order valence-electron chi connectivity index (χ0n) is 15.0. The van der Waals surface area contributed by atoms with Crippen LogP contribution in [0.25, 0.3) is 0 Å². The predicted molar refractivity (Wildman–Crippen MR) is 95.2 cm³/mol. The largest absolute Gasteiger partial charge is 0.333 e. The fraction of sp³-hybridized carbons (Fsp3) is 0.421. The average Bonchev–Trinajstić information content (AvgIpc) is 2.59. The van der Waals surface area contributed by atoms with Crippen molar-refractivity contribution in [3.8, 4) is 0 Å². The molecule has 0 radical (unpaired) electrons. The van der Waals surface area contributed by atoms with Crippen molar-refractivity contribution in [2.45, 2.75) is 39.7 Å². The Labute approximate surface area is 143 Å². The van der Waals surface area contributed by atoms with Crippen molar-refractivity contribution in [2.75, 3.05) is 7.05 Å². The molecule has 0 aliphatic heterocycles. The molecule has 0 saturated carbocycles. The van der Waals surface area contributed by atoms with Gasteiger partial charge in [0, 0.05) is 26.0 Å².